The lowest BCUT2D eigenvalue weighted by Gasteiger charge is -2.10. The summed E-state index contributed by atoms with van der Waals surface area (Å²) in [6.45, 7) is 1.44. The molecule has 1 rings (SSSR count). The van der Waals surface area contributed by atoms with E-state index in [0.717, 1.165) is 18.2 Å². The average Bonchev–Trinajstić information content (AvgIpc) is 2.16. The summed E-state index contributed by atoms with van der Waals surface area (Å²) in [5.41, 5.74) is 5.01. The molecule has 0 aromatic heterocycles. The maximum atomic E-state index is 12.9. The molecule has 5 nitrogen and oxygen atoms in total. The maximum absolute atomic E-state index is 12.9. The van der Waals surface area contributed by atoms with Gasteiger partial charge in [-0.15, -0.1) is 0 Å². The third kappa shape index (κ3) is 2.77. The molecule has 0 aliphatic heterocycles. The Bertz CT molecular complexity index is 432. The van der Waals surface area contributed by atoms with Crippen molar-refractivity contribution in [3.63, 3.8) is 0 Å². The lowest BCUT2D eigenvalue weighted by molar-refractivity contribution is -0.117. The van der Waals surface area contributed by atoms with Crippen LogP contribution in [0.15, 0.2) is 18.2 Å². The summed E-state index contributed by atoms with van der Waals surface area (Å²) >= 11 is 0. The molecule has 0 aliphatic carbocycles. The third-order valence-corrected chi connectivity index (χ3v) is 1.88. The highest BCUT2D eigenvalue weighted by Gasteiger charge is 2.15. The fourth-order valence-corrected chi connectivity index (χ4v) is 1.05. The molecule has 0 spiro atoms. The van der Waals surface area contributed by atoms with Gasteiger partial charge in [0, 0.05) is 0 Å². The Morgan fingerprint density at radius 2 is 2.12 bits per heavy atom. The number of halogens is 1. The summed E-state index contributed by atoms with van der Waals surface area (Å²) in [6.07, 6.45) is 0. The van der Waals surface area contributed by atoms with Gasteiger partial charge >= 0.3 is 5.97 Å². The van der Waals surface area contributed by atoms with Crippen molar-refractivity contribution in [1.82, 2.24) is 0 Å². The second kappa shape index (κ2) is 4.71. The van der Waals surface area contributed by atoms with Gasteiger partial charge in [-0.25, -0.2) is 9.18 Å². The SMILES string of the molecule is C[C@H](N)C(=O)Nc1cc(F)ccc1C(=O)O. The first-order valence-electron chi connectivity index (χ1n) is 4.51. The van der Waals surface area contributed by atoms with Crippen molar-refractivity contribution in [3.05, 3.63) is 29.6 Å². The Labute approximate surface area is 91.1 Å². The Kier molecular flexibility index (Phi) is 3.57. The minimum atomic E-state index is -1.25. The van der Waals surface area contributed by atoms with Crippen LogP contribution >= 0.6 is 0 Å². The van der Waals surface area contributed by atoms with E-state index in [1.165, 1.54) is 6.92 Å². The van der Waals surface area contributed by atoms with Crippen molar-refractivity contribution in [3.8, 4) is 0 Å². The van der Waals surface area contributed by atoms with E-state index in [0.29, 0.717) is 0 Å². The van der Waals surface area contributed by atoms with Crippen molar-refractivity contribution in [2.45, 2.75) is 13.0 Å². The van der Waals surface area contributed by atoms with E-state index < -0.39 is 23.7 Å². The summed E-state index contributed by atoms with van der Waals surface area (Å²) in [5, 5.41) is 11.1. The summed E-state index contributed by atoms with van der Waals surface area (Å²) in [6, 6.07) is 2.22. The topological polar surface area (TPSA) is 92.4 Å². The minimum absolute atomic E-state index is 0.102. The fourth-order valence-electron chi connectivity index (χ4n) is 1.05. The lowest BCUT2D eigenvalue weighted by Crippen LogP contribution is -2.33. The first-order valence-corrected chi connectivity index (χ1v) is 4.51. The van der Waals surface area contributed by atoms with Crippen LogP contribution in [0, 0.1) is 5.82 Å². The van der Waals surface area contributed by atoms with Gasteiger partial charge in [-0.05, 0) is 25.1 Å². The van der Waals surface area contributed by atoms with E-state index in [9.17, 15) is 14.0 Å². The van der Waals surface area contributed by atoms with Crippen LogP contribution in [0.2, 0.25) is 0 Å². The van der Waals surface area contributed by atoms with Gasteiger partial charge in [0.25, 0.3) is 0 Å². The van der Waals surface area contributed by atoms with Crippen LogP contribution < -0.4 is 11.1 Å². The molecule has 0 aliphatic rings. The number of carbonyl (C=O) groups excluding carboxylic acids is 1. The summed E-state index contributed by atoms with van der Waals surface area (Å²) in [7, 11) is 0. The van der Waals surface area contributed by atoms with Crippen LogP contribution in [0.1, 0.15) is 17.3 Å². The summed E-state index contributed by atoms with van der Waals surface area (Å²) in [5.74, 6) is -2.46. The molecule has 4 N–H and O–H groups in total. The Hall–Kier alpha value is -1.95. The van der Waals surface area contributed by atoms with E-state index in [1.54, 1.807) is 0 Å². The standard InChI is InChI=1S/C10H11FN2O3/c1-5(12)9(14)13-8-4-6(11)2-3-7(8)10(15)16/h2-5H,12H2,1H3,(H,13,14)(H,15,16)/t5-/m0/s1. The molecule has 6 heteroatoms. The molecule has 0 heterocycles. The molecule has 86 valence electrons. The first kappa shape index (κ1) is 12.1. The van der Waals surface area contributed by atoms with Crippen molar-refractivity contribution in [2.24, 2.45) is 5.73 Å². The lowest BCUT2D eigenvalue weighted by atomic mass is 10.1. The molecule has 0 fully saturated rings. The normalized spacial score (nSPS) is 11.9. The molecular formula is C10H11FN2O3. The zero-order valence-electron chi connectivity index (χ0n) is 8.53. The summed E-state index contributed by atoms with van der Waals surface area (Å²) < 4.78 is 12.9. The molecular weight excluding hydrogens is 215 g/mol. The van der Waals surface area contributed by atoms with Crippen LogP contribution in [0.25, 0.3) is 0 Å². The smallest absolute Gasteiger partial charge is 0.337 e. The number of benzene rings is 1. The van der Waals surface area contributed by atoms with Crippen LogP contribution in [-0.4, -0.2) is 23.0 Å². The summed E-state index contributed by atoms with van der Waals surface area (Å²) in [4.78, 5) is 22.0. The number of anilines is 1. The minimum Gasteiger partial charge on any atom is -0.478 e. The highest BCUT2D eigenvalue weighted by molar-refractivity contribution is 6.01. The van der Waals surface area contributed by atoms with Crippen LogP contribution in [0.5, 0.6) is 0 Å². The van der Waals surface area contributed by atoms with Crippen molar-refractivity contribution in [1.29, 1.82) is 0 Å². The quantitative estimate of drug-likeness (QED) is 0.711. The zero-order valence-corrected chi connectivity index (χ0v) is 8.53. The Morgan fingerprint density at radius 3 is 2.62 bits per heavy atom. The van der Waals surface area contributed by atoms with Gasteiger partial charge in [0.2, 0.25) is 5.91 Å². The number of carboxylic acids is 1. The second-order valence-corrected chi connectivity index (χ2v) is 3.27. The van der Waals surface area contributed by atoms with Crippen molar-refractivity contribution in [2.75, 3.05) is 5.32 Å². The van der Waals surface area contributed by atoms with E-state index in [1.807, 2.05) is 0 Å². The number of nitrogens with one attached hydrogen (secondary N) is 1. The monoisotopic (exact) mass is 226 g/mol. The van der Waals surface area contributed by atoms with E-state index >= 15 is 0 Å². The average molecular weight is 226 g/mol. The molecule has 0 saturated heterocycles. The first-order chi connectivity index (χ1) is 7.41. The van der Waals surface area contributed by atoms with Crippen LogP contribution in [0.4, 0.5) is 10.1 Å². The van der Waals surface area contributed by atoms with Gasteiger partial charge < -0.3 is 16.2 Å². The number of nitrogens with two attached hydrogens (primary N) is 1. The van der Waals surface area contributed by atoms with Crippen LogP contribution in [-0.2, 0) is 4.79 Å². The predicted octanol–water partition coefficient (Wildman–Crippen LogP) is 0.810. The number of hydrogen-bond acceptors (Lipinski definition) is 3. The van der Waals surface area contributed by atoms with Crippen molar-refractivity contribution >= 4 is 17.6 Å². The van der Waals surface area contributed by atoms with Gasteiger partial charge in [0.1, 0.15) is 5.82 Å². The molecule has 1 amide bonds. The number of hydrogen-bond donors (Lipinski definition) is 3. The molecule has 0 unspecified atom stereocenters. The van der Waals surface area contributed by atoms with Gasteiger partial charge in [-0.2, -0.15) is 0 Å². The predicted molar refractivity (Wildman–Crippen MR) is 55.6 cm³/mol. The Morgan fingerprint density at radius 1 is 1.50 bits per heavy atom. The second-order valence-electron chi connectivity index (χ2n) is 3.27. The molecule has 1 aromatic carbocycles. The maximum Gasteiger partial charge on any atom is 0.337 e. The van der Waals surface area contributed by atoms with E-state index in [-0.39, 0.29) is 11.3 Å². The number of aromatic carboxylic acids is 1. The number of rotatable bonds is 3. The van der Waals surface area contributed by atoms with Crippen LogP contribution in [0.3, 0.4) is 0 Å². The molecule has 16 heavy (non-hydrogen) atoms. The molecule has 0 saturated carbocycles. The van der Waals surface area contributed by atoms with Gasteiger partial charge in [-0.3, -0.25) is 4.79 Å². The third-order valence-electron chi connectivity index (χ3n) is 1.88. The molecule has 1 atom stereocenters. The zero-order chi connectivity index (χ0) is 12.3. The van der Waals surface area contributed by atoms with Crippen molar-refractivity contribution < 1.29 is 19.1 Å². The van der Waals surface area contributed by atoms with Gasteiger partial charge in [0.15, 0.2) is 0 Å². The van der Waals surface area contributed by atoms with E-state index in [4.69, 9.17) is 10.8 Å². The van der Waals surface area contributed by atoms with E-state index in [2.05, 4.69) is 5.32 Å². The highest BCUT2D eigenvalue weighted by atomic mass is 19.1. The molecule has 0 radical (unpaired) electrons. The van der Waals surface area contributed by atoms with Gasteiger partial charge in [-0.1, -0.05) is 0 Å². The number of carboxylic acid groups (broad SMARTS) is 1. The van der Waals surface area contributed by atoms with Gasteiger partial charge in [0.05, 0.1) is 17.3 Å². The number of amides is 1. The fraction of sp³-hybridized carbons (Fsp3) is 0.200. The highest BCUT2D eigenvalue weighted by Crippen LogP contribution is 2.17. The molecule has 1 aromatic rings. The largest absolute Gasteiger partial charge is 0.478 e. The number of carbonyl (C=O) groups is 2. The molecule has 0 bridgehead atoms. The Balaban J connectivity index is 3.06.